The topological polar surface area (TPSA) is 70.3 Å². The van der Waals surface area contributed by atoms with Crippen molar-refractivity contribution in [1.29, 1.82) is 5.26 Å². The van der Waals surface area contributed by atoms with Crippen LogP contribution >= 0.6 is 11.3 Å². The summed E-state index contributed by atoms with van der Waals surface area (Å²) in [5.41, 5.74) is 3.83. The Kier molecular flexibility index (Phi) is 5.77. The van der Waals surface area contributed by atoms with E-state index in [1.165, 1.54) is 10.4 Å². The SMILES string of the molecule is Cc1c(C#N)c(NC(=O)CN2CCc3sccc3[C@H]2C)n(C[C@H]2CCCO2)c1C. The van der Waals surface area contributed by atoms with Crippen LogP contribution < -0.4 is 5.32 Å². The zero-order valence-electron chi connectivity index (χ0n) is 17.3. The van der Waals surface area contributed by atoms with E-state index in [0.717, 1.165) is 43.7 Å². The maximum absolute atomic E-state index is 13.0. The molecule has 2 aromatic rings. The number of hydrogen-bond acceptors (Lipinski definition) is 5. The summed E-state index contributed by atoms with van der Waals surface area (Å²) < 4.78 is 7.85. The molecule has 1 saturated heterocycles. The molecule has 6 nitrogen and oxygen atoms in total. The van der Waals surface area contributed by atoms with E-state index in [0.29, 0.717) is 24.5 Å². The first-order valence-corrected chi connectivity index (χ1v) is 11.2. The highest BCUT2D eigenvalue weighted by Gasteiger charge is 2.28. The number of carbonyl (C=O) groups excluding carboxylic acids is 1. The molecule has 7 heteroatoms. The third-order valence-electron chi connectivity index (χ3n) is 6.36. The second-order valence-electron chi connectivity index (χ2n) is 8.04. The standard InChI is InChI=1S/C22H28N4O2S/c1-14-15(2)26(12-17-5-4-9-28-17)22(19(14)11-23)24-21(27)13-25-8-6-20-18(16(25)3)7-10-29-20/h7,10,16-17H,4-6,8-9,12-13H2,1-3H3,(H,24,27)/t16-,17-/m1/s1. The summed E-state index contributed by atoms with van der Waals surface area (Å²) in [6.45, 7) is 8.77. The average Bonchev–Trinajstić information content (AvgIpc) is 3.42. The van der Waals surface area contributed by atoms with E-state index in [4.69, 9.17) is 4.74 Å². The summed E-state index contributed by atoms with van der Waals surface area (Å²) in [5, 5.41) is 14.9. The molecule has 2 aliphatic rings. The lowest BCUT2D eigenvalue weighted by molar-refractivity contribution is -0.118. The minimum atomic E-state index is -0.0712. The van der Waals surface area contributed by atoms with Gasteiger partial charge in [0, 0.05) is 29.8 Å². The molecular formula is C22H28N4O2S. The van der Waals surface area contributed by atoms with E-state index in [9.17, 15) is 10.1 Å². The van der Waals surface area contributed by atoms with Crippen LogP contribution in [0.3, 0.4) is 0 Å². The summed E-state index contributed by atoms with van der Waals surface area (Å²) in [5.74, 6) is 0.544. The van der Waals surface area contributed by atoms with Crippen molar-refractivity contribution < 1.29 is 9.53 Å². The van der Waals surface area contributed by atoms with Gasteiger partial charge in [0.05, 0.1) is 24.8 Å². The van der Waals surface area contributed by atoms with Crippen LogP contribution in [-0.4, -0.2) is 41.2 Å². The number of nitrogens with one attached hydrogen (secondary N) is 1. The molecule has 4 heterocycles. The highest BCUT2D eigenvalue weighted by Crippen LogP contribution is 2.33. The number of nitriles is 1. The number of hydrogen-bond donors (Lipinski definition) is 1. The van der Waals surface area contributed by atoms with E-state index in [1.807, 2.05) is 13.8 Å². The quantitative estimate of drug-likeness (QED) is 0.811. The molecule has 0 spiro atoms. The van der Waals surface area contributed by atoms with Crippen LogP contribution in [0.4, 0.5) is 5.82 Å². The molecule has 2 aromatic heterocycles. The van der Waals surface area contributed by atoms with Gasteiger partial charge in [0.1, 0.15) is 11.9 Å². The molecular weight excluding hydrogens is 384 g/mol. The van der Waals surface area contributed by atoms with Gasteiger partial charge in [-0.1, -0.05) is 0 Å². The zero-order valence-corrected chi connectivity index (χ0v) is 18.1. The first-order chi connectivity index (χ1) is 14.0. The van der Waals surface area contributed by atoms with Gasteiger partial charge < -0.3 is 14.6 Å². The molecule has 0 aromatic carbocycles. The molecule has 0 unspecified atom stereocenters. The lowest BCUT2D eigenvalue weighted by atomic mass is 10.0. The van der Waals surface area contributed by atoms with Crippen LogP contribution in [0.25, 0.3) is 0 Å². The van der Waals surface area contributed by atoms with Crippen molar-refractivity contribution >= 4 is 23.1 Å². The fraction of sp³-hybridized carbons (Fsp3) is 0.545. The van der Waals surface area contributed by atoms with Crippen molar-refractivity contribution in [2.75, 3.05) is 25.0 Å². The van der Waals surface area contributed by atoms with Gasteiger partial charge in [0.15, 0.2) is 0 Å². The molecule has 0 saturated carbocycles. The first-order valence-electron chi connectivity index (χ1n) is 10.3. The van der Waals surface area contributed by atoms with Gasteiger partial charge in [-0.2, -0.15) is 5.26 Å². The van der Waals surface area contributed by atoms with Gasteiger partial charge in [-0.25, -0.2) is 0 Å². The molecule has 2 aliphatic heterocycles. The summed E-state index contributed by atoms with van der Waals surface area (Å²) in [6, 6.07) is 4.69. The Morgan fingerprint density at radius 2 is 2.28 bits per heavy atom. The highest BCUT2D eigenvalue weighted by molar-refractivity contribution is 7.10. The molecule has 1 amide bonds. The number of aromatic nitrogens is 1. The largest absolute Gasteiger partial charge is 0.376 e. The third kappa shape index (κ3) is 3.85. The van der Waals surface area contributed by atoms with Crippen molar-refractivity contribution in [2.24, 2.45) is 0 Å². The van der Waals surface area contributed by atoms with Gasteiger partial charge in [-0.05, 0) is 62.6 Å². The molecule has 29 heavy (non-hydrogen) atoms. The summed E-state index contributed by atoms with van der Waals surface area (Å²) in [6.07, 6.45) is 3.21. The molecule has 4 rings (SSSR count). The lowest BCUT2D eigenvalue weighted by Crippen LogP contribution is -2.39. The van der Waals surface area contributed by atoms with Crippen molar-refractivity contribution in [3.63, 3.8) is 0 Å². The lowest BCUT2D eigenvalue weighted by Gasteiger charge is -2.33. The number of amides is 1. The second kappa shape index (κ2) is 8.31. The summed E-state index contributed by atoms with van der Waals surface area (Å²) in [7, 11) is 0. The van der Waals surface area contributed by atoms with Crippen molar-refractivity contribution in [3.8, 4) is 6.07 Å². The molecule has 1 fully saturated rings. The molecule has 2 atom stereocenters. The number of nitrogens with zero attached hydrogens (tertiary/aromatic N) is 3. The van der Waals surface area contributed by atoms with Crippen LogP contribution in [-0.2, 0) is 22.5 Å². The van der Waals surface area contributed by atoms with Crippen LogP contribution in [0.5, 0.6) is 0 Å². The maximum Gasteiger partial charge on any atom is 0.239 e. The van der Waals surface area contributed by atoms with Gasteiger partial charge in [-0.15, -0.1) is 11.3 Å². The molecule has 1 N–H and O–H groups in total. The Balaban J connectivity index is 1.52. The second-order valence-corrected chi connectivity index (χ2v) is 9.04. The van der Waals surface area contributed by atoms with Crippen LogP contribution in [0.15, 0.2) is 11.4 Å². The van der Waals surface area contributed by atoms with Gasteiger partial charge in [0.25, 0.3) is 0 Å². The smallest absolute Gasteiger partial charge is 0.239 e. The number of carbonyl (C=O) groups is 1. The first kappa shape index (κ1) is 20.1. The number of anilines is 1. The minimum Gasteiger partial charge on any atom is -0.376 e. The van der Waals surface area contributed by atoms with Gasteiger partial charge in [-0.3, -0.25) is 9.69 Å². The normalized spacial score (nSPS) is 21.7. The van der Waals surface area contributed by atoms with Gasteiger partial charge in [0.2, 0.25) is 5.91 Å². The third-order valence-corrected chi connectivity index (χ3v) is 7.36. The monoisotopic (exact) mass is 412 g/mol. The van der Waals surface area contributed by atoms with E-state index in [-0.39, 0.29) is 18.1 Å². The number of fused-ring (bicyclic) bond motifs is 1. The predicted molar refractivity (Wildman–Crippen MR) is 114 cm³/mol. The summed E-state index contributed by atoms with van der Waals surface area (Å²) in [4.78, 5) is 16.6. The molecule has 0 radical (unpaired) electrons. The zero-order chi connectivity index (χ0) is 20.5. The summed E-state index contributed by atoms with van der Waals surface area (Å²) >= 11 is 1.80. The maximum atomic E-state index is 13.0. The highest BCUT2D eigenvalue weighted by atomic mass is 32.1. The van der Waals surface area contributed by atoms with Crippen molar-refractivity contribution in [3.05, 3.63) is 38.7 Å². The Morgan fingerprint density at radius 1 is 1.45 bits per heavy atom. The fourth-order valence-electron chi connectivity index (χ4n) is 4.48. The van der Waals surface area contributed by atoms with Crippen molar-refractivity contribution in [2.45, 2.75) is 58.7 Å². The average molecular weight is 413 g/mol. The van der Waals surface area contributed by atoms with Crippen LogP contribution in [0.1, 0.15) is 53.1 Å². The molecule has 0 aliphatic carbocycles. The van der Waals surface area contributed by atoms with Crippen molar-refractivity contribution in [1.82, 2.24) is 9.47 Å². The van der Waals surface area contributed by atoms with E-state index < -0.39 is 0 Å². The van der Waals surface area contributed by atoms with Gasteiger partial charge >= 0.3 is 0 Å². The number of thiophene rings is 1. The number of ether oxygens (including phenoxy) is 1. The Bertz CT molecular complexity index is 949. The van der Waals surface area contributed by atoms with Crippen LogP contribution in [0, 0.1) is 25.2 Å². The predicted octanol–water partition coefficient (Wildman–Crippen LogP) is 3.77. The fourth-order valence-corrected chi connectivity index (χ4v) is 5.45. The van der Waals surface area contributed by atoms with E-state index >= 15 is 0 Å². The van der Waals surface area contributed by atoms with E-state index in [2.05, 4.69) is 39.2 Å². The Hall–Kier alpha value is -2.14. The minimum absolute atomic E-state index is 0.0712. The number of rotatable bonds is 5. The van der Waals surface area contributed by atoms with Crippen LogP contribution in [0.2, 0.25) is 0 Å². The molecule has 154 valence electrons. The van der Waals surface area contributed by atoms with E-state index in [1.54, 1.807) is 11.3 Å². The molecule has 0 bridgehead atoms. The Morgan fingerprint density at radius 3 is 3.00 bits per heavy atom. The Labute approximate surface area is 176 Å².